The number of methoxy groups -OCH3 is 1. The molecule has 1 saturated heterocycles. The van der Waals surface area contributed by atoms with Crippen LogP contribution >= 0.6 is 11.8 Å². The van der Waals surface area contributed by atoms with E-state index < -0.39 is 5.54 Å². The molecule has 0 spiro atoms. The van der Waals surface area contributed by atoms with Crippen LogP contribution in [0.5, 0.6) is 5.75 Å². The van der Waals surface area contributed by atoms with Crippen LogP contribution in [0.4, 0.5) is 4.79 Å². The first-order valence-corrected chi connectivity index (χ1v) is 8.41. The Labute approximate surface area is 135 Å². The van der Waals surface area contributed by atoms with Crippen LogP contribution < -0.4 is 10.1 Å². The molecule has 5 nitrogen and oxygen atoms in total. The van der Waals surface area contributed by atoms with Gasteiger partial charge in [0.2, 0.25) is 0 Å². The van der Waals surface area contributed by atoms with Crippen molar-refractivity contribution in [3.63, 3.8) is 0 Å². The largest absolute Gasteiger partial charge is 0.496 e. The average molecular weight is 322 g/mol. The van der Waals surface area contributed by atoms with E-state index >= 15 is 0 Å². The van der Waals surface area contributed by atoms with Crippen LogP contribution in [-0.2, 0) is 11.3 Å². The van der Waals surface area contributed by atoms with Crippen molar-refractivity contribution in [2.75, 3.05) is 13.4 Å². The van der Waals surface area contributed by atoms with E-state index in [2.05, 4.69) is 5.32 Å². The fourth-order valence-corrected chi connectivity index (χ4v) is 2.96. The predicted octanol–water partition coefficient (Wildman–Crippen LogP) is 2.88. The third kappa shape index (κ3) is 2.79. The topological polar surface area (TPSA) is 58.6 Å². The molecular weight excluding hydrogens is 300 g/mol. The zero-order valence-electron chi connectivity index (χ0n) is 13.6. The SMILES string of the molecule is COc1cc(CN2C(=O)NC(C)(C(C)C)C2=O)ccc1SC. The molecule has 1 unspecified atom stereocenters. The maximum absolute atomic E-state index is 12.6. The molecule has 22 heavy (non-hydrogen) atoms. The Bertz CT molecular complexity index is 603. The van der Waals surface area contributed by atoms with Gasteiger partial charge < -0.3 is 10.1 Å². The molecule has 0 radical (unpaired) electrons. The molecule has 3 amide bonds. The van der Waals surface area contributed by atoms with Gasteiger partial charge in [-0.3, -0.25) is 9.69 Å². The van der Waals surface area contributed by atoms with E-state index in [0.29, 0.717) is 0 Å². The van der Waals surface area contributed by atoms with E-state index in [-0.39, 0.29) is 24.4 Å². The minimum absolute atomic E-state index is 0.0300. The summed E-state index contributed by atoms with van der Waals surface area (Å²) in [6, 6.07) is 5.39. The molecule has 1 aliphatic heterocycles. The van der Waals surface area contributed by atoms with Crippen molar-refractivity contribution in [1.29, 1.82) is 0 Å². The van der Waals surface area contributed by atoms with E-state index in [1.807, 2.05) is 38.3 Å². The molecule has 1 aromatic rings. The van der Waals surface area contributed by atoms with Crippen molar-refractivity contribution in [1.82, 2.24) is 10.2 Å². The first kappa shape index (κ1) is 16.7. The molecule has 120 valence electrons. The van der Waals surface area contributed by atoms with E-state index in [4.69, 9.17) is 4.74 Å². The quantitative estimate of drug-likeness (QED) is 0.669. The van der Waals surface area contributed by atoms with Crippen molar-refractivity contribution >= 4 is 23.7 Å². The first-order valence-electron chi connectivity index (χ1n) is 7.18. The number of hydrogen-bond acceptors (Lipinski definition) is 4. The van der Waals surface area contributed by atoms with Crippen LogP contribution in [0.2, 0.25) is 0 Å². The number of amides is 3. The highest BCUT2D eigenvalue weighted by Crippen LogP contribution is 2.30. The fourth-order valence-electron chi connectivity index (χ4n) is 2.41. The Balaban J connectivity index is 2.24. The van der Waals surface area contributed by atoms with Gasteiger partial charge in [0.05, 0.1) is 13.7 Å². The van der Waals surface area contributed by atoms with Crippen molar-refractivity contribution in [3.05, 3.63) is 23.8 Å². The number of benzene rings is 1. The molecule has 1 aliphatic rings. The number of thioether (sulfide) groups is 1. The van der Waals surface area contributed by atoms with Gasteiger partial charge in [-0.15, -0.1) is 11.8 Å². The number of nitrogens with zero attached hydrogens (tertiary/aromatic N) is 1. The highest BCUT2D eigenvalue weighted by Gasteiger charge is 2.49. The van der Waals surface area contributed by atoms with Gasteiger partial charge in [0.1, 0.15) is 11.3 Å². The van der Waals surface area contributed by atoms with Crippen molar-refractivity contribution in [2.45, 2.75) is 37.8 Å². The number of urea groups is 1. The Hall–Kier alpha value is -1.69. The lowest BCUT2D eigenvalue weighted by molar-refractivity contribution is -0.132. The molecule has 6 heteroatoms. The summed E-state index contributed by atoms with van der Waals surface area (Å²) in [7, 11) is 1.61. The molecule has 0 aliphatic carbocycles. The van der Waals surface area contributed by atoms with Crippen LogP contribution in [0.25, 0.3) is 0 Å². The number of ether oxygens (including phenoxy) is 1. The summed E-state index contributed by atoms with van der Waals surface area (Å²) in [5, 5.41) is 2.80. The smallest absolute Gasteiger partial charge is 0.325 e. The molecule has 0 aromatic heterocycles. The van der Waals surface area contributed by atoms with Crippen LogP contribution in [0, 0.1) is 5.92 Å². The van der Waals surface area contributed by atoms with Crippen LogP contribution in [0.15, 0.2) is 23.1 Å². The lowest BCUT2D eigenvalue weighted by Gasteiger charge is -2.25. The van der Waals surface area contributed by atoms with E-state index in [0.717, 1.165) is 16.2 Å². The Kier molecular flexibility index (Phi) is 4.70. The Morgan fingerprint density at radius 2 is 2.05 bits per heavy atom. The normalized spacial score (nSPS) is 21.5. The average Bonchev–Trinajstić information content (AvgIpc) is 2.71. The minimum atomic E-state index is -0.833. The van der Waals surface area contributed by atoms with E-state index in [1.165, 1.54) is 4.90 Å². The monoisotopic (exact) mass is 322 g/mol. The molecule has 2 rings (SSSR count). The second-order valence-corrected chi connectivity index (χ2v) is 6.72. The minimum Gasteiger partial charge on any atom is -0.496 e. The van der Waals surface area contributed by atoms with Crippen LogP contribution in [-0.4, -0.2) is 35.7 Å². The number of carbonyl (C=O) groups excluding carboxylic acids is 2. The summed E-state index contributed by atoms with van der Waals surface area (Å²) in [6.07, 6.45) is 1.98. The van der Waals surface area contributed by atoms with Gasteiger partial charge in [0.15, 0.2) is 0 Å². The molecular formula is C16H22N2O3S. The van der Waals surface area contributed by atoms with Gasteiger partial charge in [-0.2, -0.15) is 0 Å². The lowest BCUT2D eigenvalue weighted by Crippen LogP contribution is -2.48. The van der Waals surface area contributed by atoms with Gasteiger partial charge >= 0.3 is 6.03 Å². The Morgan fingerprint density at radius 1 is 1.36 bits per heavy atom. The zero-order chi connectivity index (χ0) is 16.5. The number of nitrogens with one attached hydrogen (secondary N) is 1. The van der Waals surface area contributed by atoms with Crippen molar-refractivity contribution in [3.8, 4) is 5.75 Å². The summed E-state index contributed by atoms with van der Waals surface area (Å²) >= 11 is 1.59. The van der Waals surface area contributed by atoms with E-state index in [9.17, 15) is 9.59 Å². The summed E-state index contributed by atoms with van der Waals surface area (Å²) in [5.74, 6) is 0.603. The number of carbonyl (C=O) groups is 2. The van der Waals surface area contributed by atoms with Crippen LogP contribution in [0.3, 0.4) is 0 Å². The standard InChI is InChI=1S/C16H22N2O3S/c1-10(2)16(3)14(19)18(15(20)17-16)9-11-6-7-13(22-5)12(8-11)21-4/h6-8,10H,9H2,1-5H3,(H,17,20). The summed E-state index contributed by atoms with van der Waals surface area (Å²) < 4.78 is 5.35. The van der Waals surface area contributed by atoms with Gasteiger partial charge in [-0.25, -0.2) is 4.79 Å². The lowest BCUT2D eigenvalue weighted by atomic mass is 9.88. The van der Waals surface area contributed by atoms with Gasteiger partial charge in [-0.1, -0.05) is 19.9 Å². The number of rotatable bonds is 5. The third-order valence-corrected chi connectivity index (χ3v) is 5.02. The molecule has 1 heterocycles. The van der Waals surface area contributed by atoms with Gasteiger partial charge in [0, 0.05) is 4.90 Å². The zero-order valence-corrected chi connectivity index (χ0v) is 14.4. The van der Waals surface area contributed by atoms with Crippen molar-refractivity contribution in [2.24, 2.45) is 5.92 Å². The molecule has 1 aromatic carbocycles. The molecule has 1 atom stereocenters. The summed E-state index contributed by atoms with van der Waals surface area (Å²) in [5.41, 5.74) is 0.0339. The second-order valence-electron chi connectivity index (χ2n) is 5.87. The Morgan fingerprint density at radius 3 is 2.55 bits per heavy atom. The molecule has 1 fully saturated rings. The summed E-state index contributed by atoms with van der Waals surface area (Å²) in [6.45, 7) is 5.88. The third-order valence-electron chi connectivity index (χ3n) is 4.24. The van der Waals surface area contributed by atoms with E-state index in [1.54, 1.807) is 25.8 Å². The fraction of sp³-hybridized carbons (Fsp3) is 0.500. The highest BCUT2D eigenvalue weighted by atomic mass is 32.2. The molecule has 1 N–H and O–H groups in total. The maximum Gasteiger partial charge on any atom is 0.325 e. The summed E-state index contributed by atoms with van der Waals surface area (Å²) in [4.78, 5) is 27.0. The van der Waals surface area contributed by atoms with Gasteiger partial charge in [-0.05, 0) is 36.8 Å². The van der Waals surface area contributed by atoms with Gasteiger partial charge in [0.25, 0.3) is 5.91 Å². The van der Waals surface area contributed by atoms with Crippen LogP contribution in [0.1, 0.15) is 26.3 Å². The van der Waals surface area contributed by atoms with Crippen molar-refractivity contribution < 1.29 is 14.3 Å². The second kappa shape index (κ2) is 6.20. The number of hydrogen-bond donors (Lipinski definition) is 1. The first-order chi connectivity index (χ1) is 10.3. The predicted molar refractivity (Wildman–Crippen MR) is 87.1 cm³/mol. The maximum atomic E-state index is 12.6. The number of imide groups is 1. The highest BCUT2D eigenvalue weighted by molar-refractivity contribution is 7.98. The molecule has 0 saturated carbocycles. The molecule has 0 bridgehead atoms.